The van der Waals surface area contributed by atoms with Crippen LogP contribution in [0.3, 0.4) is 0 Å². The Bertz CT molecular complexity index is 183. The summed E-state index contributed by atoms with van der Waals surface area (Å²) in [6, 6.07) is 1.60. The Labute approximate surface area is 94.4 Å². The average molecular weight is 210 g/mol. The molecule has 0 bridgehead atoms. The summed E-state index contributed by atoms with van der Waals surface area (Å²) in [6.45, 7) is 8.35. The van der Waals surface area contributed by atoms with Crippen LogP contribution in [0.25, 0.3) is 0 Å². The molecule has 0 atom stereocenters. The van der Waals surface area contributed by atoms with Crippen molar-refractivity contribution in [2.24, 2.45) is 5.92 Å². The van der Waals surface area contributed by atoms with E-state index < -0.39 is 0 Å². The third-order valence-electron chi connectivity index (χ3n) is 3.43. The van der Waals surface area contributed by atoms with Gasteiger partial charge in [0.05, 0.1) is 0 Å². The van der Waals surface area contributed by atoms with Gasteiger partial charge < -0.3 is 10.2 Å². The minimum Gasteiger partial charge on any atom is -0.314 e. The molecule has 0 spiro atoms. The van der Waals surface area contributed by atoms with Crippen LogP contribution in [0.15, 0.2) is 0 Å². The van der Waals surface area contributed by atoms with E-state index in [1.165, 1.54) is 51.7 Å². The molecule has 0 heterocycles. The van der Waals surface area contributed by atoms with Gasteiger partial charge in [0.1, 0.15) is 0 Å². The topological polar surface area (TPSA) is 15.3 Å². The molecule has 0 aromatic carbocycles. The van der Waals surface area contributed by atoms with Crippen molar-refractivity contribution in [1.82, 2.24) is 10.2 Å². The van der Waals surface area contributed by atoms with E-state index in [0.29, 0.717) is 6.04 Å². The smallest absolute Gasteiger partial charge is 0.00965 e. The summed E-state index contributed by atoms with van der Waals surface area (Å²) >= 11 is 0. The highest BCUT2D eigenvalue weighted by atomic mass is 15.2. The summed E-state index contributed by atoms with van der Waals surface area (Å²) in [5, 5.41) is 3.50. The van der Waals surface area contributed by atoms with E-state index in [0.717, 1.165) is 12.0 Å². The number of nitrogens with zero attached hydrogens (tertiary/aromatic N) is 1. The van der Waals surface area contributed by atoms with Crippen LogP contribution in [0.4, 0.5) is 0 Å². The quantitative estimate of drug-likeness (QED) is 0.618. The second-order valence-corrected chi connectivity index (χ2v) is 5.63. The highest BCUT2D eigenvalue weighted by Gasteiger charge is 2.32. The highest BCUT2D eigenvalue weighted by molar-refractivity contribution is 4.88. The van der Waals surface area contributed by atoms with Gasteiger partial charge in [-0.25, -0.2) is 0 Å². The molecule has 2 aliphatic rings. The SMILES string of the molecule is CC(C)NCCCN(CC1CC1)C1CC1. The van der Waals surface area contributed by atoms with E-state index >= 15 is 0 Å². The molecule has 0 radical (unpaired) electrons. The number of hydrogen-bond acceptors (Lipinski definition) is 2. The Morgan fingerprint density at radius 3 is 2.47 bits per heavy atom. The van der Waals surface area contributed by atoms with E-state index in [1.807, 2.05) is 0 Å². The highest BCUT2D eigenvalue weighted by Crippen LogP contribution is 2.34. The molecular weight excluding hydrogens is 184 g/mol. The van der Waals surface area contributed by atoms with E-state index in [-0.39, 0.29) is 0 Å². The monoisotopic (exact) mass is 210 g/mol. The Kier molecular flexibility index (Phi) is 4.04. The van der Waals surface area contributed by atoms with Gasteiger partial charge in [-0.05, 0) is 51.1 Å². The van der Waals surface area contributed by atoms with Crippen LogP contribution in [-0.2, 0) is 0 Å². The molecule has 2 fully saturated rings. The number of rotatable bonds is 8. The molecule has 2 saturated carbocycles. The fourth-order valence-corrected chi connectivity index (χ4v) is 2.17. The van der Waals surface area contributed by atoms with Crippen molar-refractivity contribution >= 4 is 0 Å². The molecule has 1 N–H and O–H groups in total. The van der Waals surface area contributed by atoms with Gasteiger partial charge in [-0.3, -0.25) is 0 Å². The molecule has 0 aromatic rings. The summed E-state index contributed by atoms with van der Waals surface area (Å²) in [5.74, 6) is 1.06. The molecule has 2 rings (SSSR count). The summed E-state index contributed by atoms with van der Waals surface area (Å²) in [7, 11) is 0. The number of nitrogens with one attached hydrogen (secondary N) is 1. The molecule has 88 valence electrons. The third kappa shape index (κ3) is 4.52. The fraction of sp³-hybridized carbons (Fsp3) is 1.00. The van der Waals surface area contributed by atoms with Crippen molar-refractivity contribution < 1.29 is 0 Å². The van der Waals surface area contributed by atoms with Gasteiger partial charge >= 0.3 is 0 Å². The normalized spacial score (nSPS) is 21.6. The van der Waals surface area contributed by atoms with Crippen molar-refractivity contribution in [3.63, 3.8) is 0 Å². The van der Waals surface area contributed by atoms with E-state index in [2.05, 4.69) is 24.1 Å². The first-order valence-electron chi connectivity index (χ1n) is 6.73. The summed E-state index contributed by atoms with van der Waals surface area (Å²) in [4.78, 5) is 2.75. The second-order valence-electron chi connectivity index (χ2n) is 5.63. The van der Waals surface area contributed by atoms with Crippen LogP contribution in [0.2, 0.25) is 0 Å². The maximum Gasteiger partial charge on any atom is 0.00965 e. The van der Waals surface area contributed by atoms with Crippen molar-refractivity contribution in [2.45, 2.75) is 58.0 Å². The molecule has 0 aliphatic heterocycles. The summed E-state index contributed by atoms with van der Waals surface area (Å²) in [5.41, 5.74) is 0. The van der Waals surface area contributed by atoms with Gasteiger partial charge in [0.2, 0.25) is 0 Å². The molecule has 0 saturated heterocycles. The zero-order valence-electron chi connectivity index (χ0n) is 10.3. The van der Waals surface area contributed by atoms with Gasteiger partial charge in [-0.15, -0.1) is 0 Å². The predicted octanol–water partition coefficient (Wildman–Crippen LogP) is 2.25. The first-order chi connectivity index (χ1) is 7.25. The van der Waals surface area contributed by atoms with E-state index in [4.69, 9.17) is 0 Å². The lowest BCUT2D eigenvalue weighted by molar-refractivity contribution is 0.248. The van der Waals surface area contributed by atoms with Gasteiger partial charge in [0.25, 0.3) is 0 Å². The molecule has 0 unspecified atom stereocenters. The number of hydrogen-bond donors (Lipinski definition) is 1. The lowest BCUT2D eigenvalue weighted by Gasteiger charge is -2.22. The first kappa shape index (κ1) is 11.4. The van der Waals surface area contributed by atoms with Crippen LogP contribution < -0.4 is 5.32 Å². The van der Waals surface area contributed by atoms with E-state index in [1.54, 1.807) is 0 Å². The first-order valence-corrected chi connectivity index (χ1v) is 6.73. The van der Waals surface area contributed by atoms with Crippen molar-refractivity contribution in [1.29, 1.82) is 0 Å². The average Bonchev–Trinajstić information content (AvgIpc) is 3.00. The Hall–Kier alpha value is -0.0800. The molecule has 2 aliphatic carbocycles. The summed E-state index contributed by atoms with van der Waals surface area (Å²) in [6.07, 6.45) is 7.23. The van der Waals surface area contributed by atoms with Crippen LogP contribution in [0, 0.1) is 5.92 Å². The lowest BCUT2D eigenvalue weighted by Crippen LogP contribution is -2.32. The molecule has 0 aromatic heterocycles. The molecular formula is C13H26N2. The summed E-state index contributed by atoms with van der Waals surface area (Å²) < 4.78 is 0. The molecule has 15 heavy (non-hydrogen) atoms. The van der Waals surface area contributed by atoms with Crippen LogP contribution >= 0.6 is 0 Å². The van der Waals surface area contributed by atoms with Crippen LogP contribution in [-0.4, -0.2) is 36.6 Å². The Morgan fingerprint density at radius 2 is 1.93 bits per heavy atom. The predicted molar refractivity (Wildman–Crippen MR) is 65.1 cm³/mol. The minimum absolute atomic E-state index is 0.641. The Morgan fingerprint density at radius 1 is 1.20 bits per heavy atom. The maximum atomic E-state index is 3.50. The van der Waals surface area contributed by atoms with Crippen molar-refractivity contribution in [3.05, 3.63) is 0 Å². The zero-order chi connectivity index (χ0) is 10.7. The third-order valence-corrected chi connectivity index (χ3v) is 3.43. The van der Waals surface area contributed by atoms with Gasteiger partial charge in [-0.2, -0.15) is 0 Å². The van der Waals surface area contributed by atoms with Gasteiger partial charge in [0.15, 0.2) is 0 Å². The van der Waals surface area contributed by atoms with Gasteiger partial charge in [0, 0.05) is 18.6 Å². The van der Waals surface area contributed by atoms with Crippen molar-refractivity contribution in [3.8, 4) is 0 Å². The van der Waals surface area contributed by atoms with Gasteiger partial charge in [-0.1, -0.05) is 13.8 Å². The maximum absolute atomic E-state index is 3.50. The Balaban J connectivity index is 1.56. The standard InChI is InChI=1S/C13H26N2/c1-11(2)14-8-3-9-15(13-6-7-13)10-12-4-5-12/h11-14H,3-10H2,1-2H3. The van der Waals surface area contributed by atoms with E-state index in [9.17, 15) is 0 Å². The van der Waals surface area contributed by atoms with Crippen LogP contribution in [0.1, 0.15) is 46.0 Å². The fourth-order valence-electron chi connectivity index (χ4n) is 2.17. The molecule has 2 nitrogen and oxygen atoms in total. The zero-order valence-corrected chi connectivity index (χ0v) is 10.3. The molecule has 0 amide bonds. The van der Waals surface area contributed by atoms with Crippen LogP contribution in [0.5, 0.6) is 0 Å². The largest absolute Gasteiger partial charge is 0.314 e. The second kappa shape index (κ2) is 5.31. The molecule has 2 heteroatoms. The van der Waals surface area contributed by atoms with Crippen molar-refractivity contribution in [2.75, 3.05) is 19.6 Å². The minimum atomic E-state index is 0.641. The lowest BCUT2D eigenvalue weighted by atomic mass is 10.3.